The van der Waals surface area contributed by atoms with Gasteiger partial charge in [-0.3, -0.25) is 0 Å². The molecular formula is C9H12N2O. The first-order valence-corrected chi connectivity index (χ1v) is 4.31. The van der Waals surface area contributed by atoms with Crippen molar-refractivity contribution in [1.29, 1.82) is 0 Å². The molecule has 0 amide bonds. The quantitative estimate of drug-likeness (QED) is 0.716. The number of hydrogen-bond donors (Lipinski definition) is 1. The van der Waals surface area contributed by atoms with E-state index in [1.165, 1.54) is 12.7 Å². The molecule has 3 nitrogen and oxygen atoms in total. The number of aliphatic hydroxyl groups excluding tert-OH is 1. The molecule has 1 aliphatic carbocycles. The van der Waals surface area contributed by atoms with Gasteiger partial charge in [-0.2, -0.15) is 0 Å². The Hall–Kier alpha value is -0.960. The van der Waals surface area contributed by atoms with Gasteiger partial charge in [-0.05, 0) is 18.8 Å². The van der Waals surface area contributed by atoms with Gasteiger partial charge in [0, 0.05) is 18.0 Å². The van der Waals surface area contributed by atoms with Crippen molar-refractivity contribution >= 4 is 0 Å². The Kier molecular flexibility index (Phi) is 2.04. The number of hydrogen-bond acceptors (Lipinski definition) is 3. The summed E-state index contributed by atoms with van der Waals surface area (Å²) in [6.07, 6.45) is 8.03. The van der Waals surface area contributed by atoms with Gasteiger partial charge in [0.2, 0.25) is 0 Å². The average Bonchev–Trinajstić information content (AvgIpc) is 2.03. The lowest BCUT2D eigenvalue weighted by atomic mass is 9.79. The zero-order valence-corrected chi connectivity index (χ0v) is 6.85. The van der Waals surface area contributed by atoms with E-state index in [0.29, 0.717) is 5.92 Å². The Balaban J connectivity index is 2.08. The van der Waals surface area contributed by atoms with Crippen molar-refractivity contribution in [2.75, 3.05) is 0 Å². The fraction of sp³-hybridized carbons (Fsp3) is 0.556. The van der Waals surface area contributed by atoms with Gasteiger partial charge in [-0.25, -0.2) is 9.97 Å². The summed E-state index contributed by atoms with van der Waals surface area (Å²) in [6.45, 7) is 0. The first-order chi connectivity index (χ1) is 5.88. The van der Waals surface area contributed by atoms with Crippen LogP contribution in [0, 0.1) is 5.92 Å². The molecule has 2 rings (SSSR count). The first-order valence-electron chi connectivity index (χ1n) is 4.31. The summed E-state index contributed by atoms with van der Waals surface area (Å²) in [6, 6.07) is 0. The Morgan fingerprint density at radius 3 is 2.50 bits per heavy atom. The summed E-state index contributed by atoms with van der Waals surface area (Å²) in [5.74, 6) is 0.441. The van der Waals surface area contributed by atoms with Crippen LogP contribution in [-0.4, -0.2) is 15.1 Å². The monoisotopic (exact) mass is 164 g/mol. The molecule has 1 N–H and O–H groups in total. The zero-order chi connectivity index (χ0) is 8.39. The maximum Gasteiger partial charge on any atom is 0.115 e. The lowest BCUT2D eigenvalue weighted by Crippen LogP contribution is -2.20. The zero-order valence-electron chi connectivity index (χ0n) is 6.85. The minimum atomic E-state index is -0.347. The number of rotatable bonds is 2. The Morgan fingerprint density at radius 1 is 1.33 bits per heavy atom. The lowest BCUT2D eigenvalue weighted by Gasteiger charge is -2.29. The highest BCUT2D eigenvalue weighted by atomic mass is 16.3. The van der Waals surface area contributed by atoms with Crippen molar-refractivity contribution in [3.63, 3.8) is 0 Å². The number of nitrogens with zero attached hydrogens (tertiary/aromatic N) is 2. The Morgan fingerprint density at radius 2 is 2.00 bits per heavy atom. The summed E-state index contributed by atoms with van der Waals surface area (Å²) in [7, 11) is 0. The predicted octanol–water partition coefficient (Wildman–Crippen LogP) is 1.31. The van der Waals surface area contributed by atoms with E-state index in [2.05, 4.69) is 9.97 Å². The summed E-state index contributed by atoms with van der Waals surface area (Å²) in [5.41, 5.74) is 0.849. The van der Waals surface area contributed by atoms with Gasteiger partial charge in [0.15, 0.2) is 0 Å². The molecule has 1 aromatic rings. The van der Waals surface area contributed by atoms with Gasteiger partial charge in [0.05, 0.1) is 6.10 Å². The molecule has 0 bridgehead atoms. The van der Waals surface area contributed by atoms with E-state index >= 15 is 0 Å². The van der Waals surface area contributed by atoms with Crippen LogP contribution in [0.3, 0.4) is 0 Å². The van der Waals surface area contributed by atoms with Crippen LogP contribution in [0.15, 0.2) is 18.7 Å². The molecule has 3 heteroatoms. The summed E-state index contributed by atoms with van der Waals surface area (Å²) in [4.78, 5) is 7.75. The van der Waals surface area contributed by atoms with Gasteiger partial charge in [-0.15, -0.1) is 0 Å². The van der Waals surface area contributed by atoms with Gasteiger partial charge in [-0.1, -0.05) is 6.42 Å². The van der Waals surface area contributed by atoms with Crippen LogP contribution in [0.5, 0.6) is 0 Å². The molecule has 1 aromatic heterocycles. The maximum atomic E-state index is 9.76. The van der Waals surface area contributed by atoms with E-state index in [4.69, 9.17) is 0 Å². The lowest BCUT2D eigenvalue weighted by molar-refractivity contribution is 0.0615. The minimum absolute atomic E-state index is 0.347. The Labute approximate surface area is 71.5 Å². The fourth-order valence-electron chi connectivity index (χ4n) is 1.49. The van der Waals surface area contributed by atoms with Crippen molar-refractivity contribution in [3.05, 3.63) is 24.3 Å². The molecular weight excluding hydrogens is 152 g/mol. The fourth-order valence-corrected chi connectivity index (χ4v) is 1.49. The van der Waals surface area contributed by atoms with E-state index in [1.807, 2.05) is 0 Å². The summed E-state index contributed by atoms with van der Waals surface area (Å²) in [5, 5.41) is 9.76. The van der Waals surface area contributed by atoms with E-state index in [0.717, 1.165) is 18.4 Å². The van der Waals surface area contributed by atoms with Crippen molar-refractivity contribution < 1.29 is 5.11 Å². The minimum Gasteiger partial charge on any atom is -0.388 e. The van der Waals surface area contributed by atoms with Crippen LogP contribution in [0.4, 0.5) is 0 Å². The van der Waals surface area contributed by atoms with E-state index in [9.17, 15) is 5.11 Å². The molecule has 0 spiro atoms. The molecule has 1 unspecified atom stereocenters. The molecule has 0 aliphatic heterocycles. The smallest absolute Gasteiger partial charge is 0.115 e. The standard InChI is InChI=1S/C9H12N2O/c12-9(7-2-1-3-7)8-4-10-6-11-5-8/h4-7,9,12H,1-3H2. The summed E-state index contributed by atoms with van der Waals surface area (Å²) >= 11 is 0. The maximum absolute atomic E-state index is 9.76. The van der Waals surface area contributed by atoms with Crippen LogP contribution >= 0.6 is 0 Å². The predicted molar refractivity (Wildman–Crippen MR) is 44.3 cm³/mol. The average molecular weight is 164 g/mol. The number of aliphatic hydroxyl groups is 1. The third-order valence-electron chi connectivity index (χ3n) is 2.52. The third kappa shape index (κ3) is 1.32. The third-order valence-corrected chi connectivity index (χ3v) is 2.52. The normalized spacial score (nSPS) is 20.1. The number of aromatic nitrogens is 2. The molecule has 1 aliphatic rings. The van der Waals surface area contributed by atoms with Crippen molar-refractivity contribution in [2.24, 2.45) is 5.92 Å². The highest BCUT2D eigenvalue weighted by Gasteiger charge is 2.26. The molecule has 0 aromatic carbocycles. The van der Waals surface area contributed by atoms with Gasteiger partial charge < -0.3 is 5.11 Å². The molecule has 1 fully saturated rings. The second kappa shape index (κ2) is 3.19. The summed E-state index contributed by atoms with van der Waals surface area (Å²) < 4.78 is 0. The van der Waals surface area contributed by atoms with Crippen LogP contribution in [0.2, 0.25) is 0 Å². The highest BCUT2D eigenvalue weighted by molar-refractivity contribution is 5.08. The van der Waals surface area contributed by atoms with Crippen molar-refractivity contribution in [1.82, 2.24) is 9.97 Å². The molecule has 1 saturated carbocycles. The van der Waals surface area contributed by atoms with Gasteiger partial charge in [0.25, 0.3) is 0 Å². The van der Waals surface area contributed by atoms with Gasteiger partial charge in [0.1, 0.15) is 6.33 Å². The first kappa shape index (κ1) is 7.68. The molecule has 1 heterocycles. The van der Waals surface area contributed by atoms with Crippen LogP contribution in [0.25, 0.3) is 0 Å². The van der Waals surface area contributed by atoms with E-state index in [1.54, 1.807) is 12.4 Å². The van der Waals surface area contributed by atoms with Crippen LogP contribution < -0.4 is 0 Å². The largest absolute Gasteiger partial charge is 0.388 e. The molecule has 1 atom stereocenters. The SMILES string of the molecule is OC(c1cncnc1)C1CCC1. The second-order valence-corrected chi connectivity index (χ2v) is 3.31. The van der Waals surface area contributed by atoms with Crippen LogP contribution in [0.1, 0.15) is 30.9 Å². The van der Waals surface area contributed by atoms with Gasteiger partial charge >= 0.3 is 0 Å². The Bertz CT molecular complexity index is 246. The molecule has 0 saturated heterocycles. The molecule has 0 radical (unpaired) electrons. The second-order valence-electron chi connectivity index (χ2n) is 3.31. The van der Waals surface area contributed by atoms with Crippen molar-refractivity contribution in [3.8, 4) is 0 Å². The molecule has 12 heavy (non-hydrogen) atoms. The van der Waals surface area contributed by atoms with Crippen molar-refractivity contribution in [2.45, 2.75) is 25.4 Å². The van der Waals surface area contributed by atoms with E-state index in [-0.39, 0.29) is 6.10 Å². The van der Waals surface area contributed by atoms with Crippen LogP contribution in [-0.2, 0) is 0 Å². The highest BCUT2D eigenvalue weighted by Crippen LogP contribution is 2.36. The van der Waals surface area contributed by atoms with E-state index < -0.39 is 0 Å². The topological polar surface area (TPSA) is 46.0 Å². The molecule has 64 valence electrons.